The van der Waals surface area contributed by atoms with Crippen LogP contribution < -0.4 is 10.0 Å². The molecule has 0 atom stereocenters. The van der Waals surface area contributed by atoms with Gasteiger partial charge in [-0.25, -0.2) is 0 Å². The Balaban J connectivity index is 1.60. The first-order valence-corrected chi connectivity index (χ1v) is 9.31. The van der Waals surface area contributed by atoms with E-state index in [9.17, 15) is 4.79 Å². The van der Waals surface area contributed by atoms with E-state index in [1.54, 1.807) is 0 Å². The molecule has 3 aromatic carbocycles. The lowest BCUT2D eigenvalue weighted by Crippen LogP contribution is -2.11. The van der Waals surface area contributed by atoms with Crippen molar-refractivity contribution in [3.63, 3.8) is 0 Å². The molecule has 1 amide bonds. The first-order valence-electron chi connectivity index (χ1n) is 8.49. The van der Waals surface area contributed by atoms with Crippen molar-refractivity contribution in [3.05, 3.63) is 89.0 Å². The summed E-state index contributed by atoms with van der Waals surface area (Å²) in [7, 11) is 0. The molecule has 0 saturated heterocycles. The zero-order valence-electron chi connectivity index (χ0n) is 15.2. The minimum Gasteiger partial charge on any atom is -0.326 e. The van der Waals surface area contributed by atoms with Gasteiger partial charge in [0.25, 0.3) is 5.91 Å². The maximum atomic E-state index is 12.4. The Morgan fingerprint density at radius 2 is 1.42 bits per heavy atom. The van der Waals surface area contributed by atoms with Crippen LogP contribution in [0.1, 0.15) is 27.0 Å². The summed E-state index contributed by atoms with van der Waals surface area (Å²) < 4.78 is 3.30. The molecule has 3 nitrogen and oxygen atoms in total. The summed E-state index contributed by atoms with van der Waals surface area (Å²) >= 11 is 1.53. The van der Waals surface area contributed by atoms with E-state index < -0.39 is 0 Å². The van der Waals surface area contributed by atoms with Gasteiger partial charge in [-0.15, -0.1) is 0 Å². The zero-order valence-corrected chi connectivity index (χ0v) is 16.0. The molecule has 0 aliphatic heterocycles. The average molecular weight is 362 g/mol. The van der Waals surface area contributed by atoms with Crippen LogP contribution >= 0.6 is 11.9 Å². The highest BCUT2D eigenvalue weighted by molar-refractivity contribution is 8.00. The van der Waals surface area contributed by atoms with Gasteiger partial charge in [0.15, 0.2) is 0 Å². The first-order chi connectivity index (χ1) is 12.5. The van der Waals surface area contributed by atoms with Crippen molar-refractivity contribution in [1.29, 1.82) is 0 Å². The third-order valence-electron chi connectivity index (χ3n) is 4.22. The number of rotatable bonds is 5. The number of carbonyl (C=O) groups is 1. The fraction of sp³-hybridized carbons (Fsp3) is 0.136. The molecule has 0 heterocycles. The summed E-state index contributed by atoms with van der Waals surface area (Å²) in [6.45, 7) is 6.17. The second-order valence-corrected chi connectivity index (χ2v) is 7.23. The van der Waals surface area contributed by atoms with Gasteiger partial charge in [-0.1, -0.05) is 23.8 Å². The summed E-state index contributed by atoms with van der Waals surface area (Å²) in [5, 5.41) is 2.95. The molecule has 0 radical (unpaired) electrons. The number of amides is 1. The molecule has 0 saturated carbocycles. The van der Waals surface area contributed by atoms with Gasteiger partial charge >= 0.3 is 0 Å². The third-order valence-corrected chi connectivity index (χ3v) is 5.07. The summed E-state index contributed by atoms with van der Waals surface area (Å²) in [4.78, 5) is 13.4. The molecule has 0 spiro atoms. The van der Waals surface area contributed by atoms with E-state index in [0.29, 0.717) is 5.56 Å². The predicted molar refractivity (Wildman–Crippen MR) is 111 cm³/mol. The molecule has 26 heavy (non-hydrogen) atoms. The number of anilines is 2. The lowest BCUT2D eigenvalue weighted by molar-refractivity contribution is 0.102. The highest BCUT2D eigenvalue weighted by Crippen LogP contribution is 2.22. The minimum atomic E-state index is -0.101. The van der Waals surface area contributed by atoms with Gasteiger partial charge in [-0.05, 0) is 92.4 Å². The van der Waals surface area contributed by atoms with E-state index in [-0.39, 0.29) is 5.91 Å². The highest BCUT2D eigenvalue weighted by Gasteiger charge is 2.07. The van der Waals surface area contributed by atoms with E-state index in [0.717, 1.165) is 21.8 Å². The molecule has 4 heteroatoms. The minimum absolute atomic E-state index is 0.101. The molecule has 0 fully saturated rings. The Labute approximate surface area is 159 Å². The Kier molecular flexibility index (Phi) is 5.64. The van der Waals surface area contributed by atoms with Crippen molar-refractivity contribution in [2.75, 3.05) is 10.0 Å². The van der Waals surface area contributed by atoms with E-state index >= 15 is 0 Å². The summed E-state index contributed by atoms with van der Waals surface area (Å²) in [5.41, 5.74) is 6.12. The second kappa shape index (κ2) is 8.11. The fourth-order valence-corrected chi connectivity index (χ4v) is 3.08. The van der Waals surface area contributed by atoms with Crippen molar-refractivity contribution in [1.82, 2.24) is 0 Å². The normalized spacial score (nSPS) is 10.4. The average Bonchev–Trinajstić information content (AvgIpc) is 2.65. The zero-order chi connectivity index (χ0) is 18.5. The van der Waals surface area contributed by atoms with Crippen LogP contribution in [-0.4, -0.2) is 5.91 Å². The maximum absolute atomic E-state index is 12.4. The standard InChI is InChI=1S/C22H22N2OS/c1-15-4-9-19(10-5-15)24-26-21-12-7-18(8-13-21)22(25)23-20-11-6-16(2)17(3)14-20/h4-14,24H,1-3H3,(H,23,25). The Hall–Kier alpha value is -2.72. The second-order valence-electron chi connectivity index (χ2n) is 6.35. The van der Waals surface area contributed by atoms with Crippen LogP contribution in [-0.2, 0) is 0 Å². The van der Waals surface area contributed by atoms with Crippen LogP contribution in [0.2, 0.25) is 0 Å². The van der Waals surface area contributed by atoms with Crippen molar-refractivity contribution < 1.29 is 4.79 Å². The van der Waals surface area contributed by atoms with Crippen LogP contribution in [0.3, 0.4) is 0 Å². The van der Waals surface area contributed by atoms with E-state index in [1.807, 2.05) is 61.5 Å². The molecule has 0 bridgehead atoms. The predicted octanol–water partition coefficient (Wildman–Crippen LogP) is 5.98. The number of hydrogen-bond donors (Lipinski definition) is 2. The molecule has 132 valence electrons. The summed E-state index contributed by atoms with van der Waals surface area (Å²) in [6, 6.07) is 21.8. The summed E-state index contributed by atoms with van der Waals surface area (Å²) in [5.74, 6) is -0.101. The Bertz CT molecular complexity index is 902. The SMILES string of the molecule is Cc1ccc(NSc2ccc(C(=O)Nc3ccc(C)c(C)c3)cc2)cc1. The maximum Gasteiger partial charge on any atom is 0.255 e. The molecule has 3 rings (SSSR count). The van der Waals surface area contributed by atoms with Crippen molar-refractivity contribution >= 4 is 29.2 Å². The summed E-state index contributed by atoms with van der Waals surface area (Å²) in [6.07, 6.45) is 0. The topological polar surface area (TPSA) is 41.1 Å². The smallest absolute Gasteiger partial charge is 0.255 e. The molecule has 0 unspecified atom stereocenters. The Morgan fingerprint density at radius 3 is 2.08 bits per heavy atom. The fourth-order valence-electron chi connectivity index (χ4n) is 2.44. The van der Waals surface area contributed by atoms with Gasteiger partial charge in [-0.3, -0.25) is 4.79 Å². The van der Waals surface area contributed by atoms with E-state index in [4.69, 9.17) is 0 Å². The van der Waals surface area contributed by atoms with E-state index in [1.165, 1.54) is 23.1 Å². The number of nitrogens with one attached hydrogen (secondary N) is 2. The van der Waals surface area contributed by atoms with Crippen LogP contribution in [0.5, 0.6) is 0 Å². The number of carbonyl (C=O) groups excluding carboxylic acids is 1. The molecule has 0 aliphatic carbocycles. The molecular formula is C22H22N2OS. The van der Waals surface area contributed by atoms with Gasteiger partial charge in [-0.2, -0.15) is 0 Å². The lowest BCUT2D eigenvalue weighted by Gasteiger charge is -2.09. The monoisotopic (exact) mass is 362 g/mol. The van der Waals surface area contributed by atoms with Gasteiger partial charge in [0, 0.05) is 21.8 Å². The largest absolute Gasteiger partial charge is 0.326 e. The molecule has 0 aromatic heterocycles. The van der Waals surface area contributed by atoms with Gasteiger partial charge < -0.3 is 10.0 Å². The molecule has 3 aromatic rings. The number of aryl methyl sites for hydroxylation is 3. The highest BCUT2D eigenvalue weighted by atomic mass is 32.2. The van der Waals surface area contributed by atoms with Crippen molar-refractivity contribution in [2.45, 2.75) is 25.7 Å². The van der Waals surface area contributed by atoms with Crippen LogP contribution in [0, 0.1) is 20.8 Å². The quantitative estimate of drug-likeness (QED) is 0.548. The molecule has 2 N–H and O–H groups in total. The molecule has 0 aliphatic rings. The number of benzene rings is 3. The third kappa shape index (κ3) is 4.67. The molecular weight excluding hydrogens is 340 g/mol. The van der Waals surface area contributed by atoms with Crippen LogP contribution in [0.4, 0.5) is 11.4 Å². The van der Waals surface area contributed by atoms with Gasteiger partial charge in [0.2, 0.25) is 0 Å². The van der Waals surface area contributed by atoms with Crippen LogP contribution in [0.25, 0.3) is 0 Å². The lowest BCUT2D eigenvalue weighted by atomic mass is 10.1. The van der Waals surface area contributed by atoms with Gasteiger partial charge in [0.1, 0.15) is 0 Å². The van der Waals surface area contributed by atoms with Crippen molar-refractivity contribution in [3.8, 4) is 0 Å². The first kappa shape index (κ1) is 18.1. The van der Waals surface area contributed by atoms with E-state index in [2.05, 4.69) is 36.0 Å². The van der Waals surface area contributed by atoms with Crippen molar-refractivity contribution in [2.24, 2.45) is 0 Å². The van der Waals surface area contributed by atoms with Gasteiger partial charge in [0.05, 0.1) is 0 Å². The van der Waals surface area contributed by atoms with Crippen LogP contribution in [0.15, 0.2) is 71.6 Å². The number of hydrogen-bond acceptors (Lipinski definition) is 3. The Morgan fingerprint density at radius 1 is 0.769 bits per heavy atom.